The summed E-state index contributed by atoms with van der Waals surface area (Å²) in [6.45, 7) is 5.47. The van der Waals surface area contributed by atoms with Crippen LogP contribution in [-0.2, 0) is 27.5 Å². The number of aromatic amines is 2. The molecule has 168 valence electrons. The van der Waals surface area contributed by atoms with E-state index in [0.717, 1.165) is 37.8 Å². The van der Waals surface area contributed by atoms with Crippen molar-refractivity contribution in [2.45, 2.75) is 72.2 Å². The molecular formula is C22H30N4O5. The van der Waals surface area contributed by atoms with E-state index in [1.165, 1.54) is 20.0 Å². The van der Waals surface area contributed by atoms with Crippen molar-refractivity contribution in [1.29, 1.82) is 0 Å². The Morgan fingerprint density at radius 3 is 2.00 bits per heavy atom. The molecule has 0 spiro atoms. The zero-order valence-corrected chi connectivity index (χ0v) is 18.3. The third kappa shape index (κ3) is 6.10. The van der Waals surface area contributed by atoms with Gasteiger partial charge in [0.2, 0.25) is 0 Å². The van der Waals surface area contributed by atoms with Crippen molar-refractivity contribution in [1.82, 2.24) is 19.9 Å². The molecule has 1 saturated carbocycles. The monoisotopic (exact) mass is 430 g/mol. The van der Waals surface area contributed by atoms with E-state index in [9.17, 15) is 14.4 Å². The minimum absolute atomic E-state index is 0.0895. The molecule has 0 saturated heterocycles. The van der Waals surface area contributed by atoms with Crippen molar-refractivity contribution in [2.75, 3.05) is 0 Å². The Morgan fingerprint density at radius 1 is 0.968 bits per heavy atom. The van der Waals surface area contributed by atoms with Gasteiger partial charge in [0.05, 0.1) is 42.4 Å². The Morgan fingerprint density at radius 2 is 1.52 bits per heavy atom. The number of nitrogens with one attached hydrogen (secondary N) is 2. The van der Waals surface area contributed by atoms with Crippen molar-refractivity contribution in [3.05, 3.63) is 35.4 Å². The SMILES string of the molecule is CCC(OCc1cnc(C(C)=O)[nH]1)C1CCC(C(=O)OCc2cnc(C(C)=O)[nH]2)CC1. The summed E-state index contributed by atoms with van der Waals surface area (Å²) in [6.07, 6.45) is 7.46. The molecule has 2 aromatic rings. The first-order valence-electron chi connectivity index (χ1n) is 10.7. The van der Waals surface area contributed by atoms with E-state index in [1.54, 1.807) is 6.20 Å². The summed E-state index contributed by atoms with van der Waals surface area (Å²) < 4.78 is 11.5. The van der Waals surface area contributed by atoms with E-state index in [4.69, 9.17) is 9.47 Å². The number of aromatic nitrogens is 4. The molecule has 2 N–H and O–H groups in total. The van der Waals surface area contributed by atoms with Gasteiger partial charge >= 0.3 is 5.97 Å². The van der Waals surface area contributed by atoms with Crippen LogP contribution in [0.25, 0.3) is 0 Å². The Labute approximate surface area is 181 Å². The second-order valence-corrected chi connectivity index (χ2v) is 8.10. The number of ketones is 2. The van der Waals surface area contributed by atoms with E-state index in [1.807, 2.05) is 0 Å². The normalized spacial score (nSPS) is 19.7. The quantitative estimate of drug-likeness (QED) is 0.437. The molecule has 3 rings (SSSR count). The average Bonchev–Trinajstić information content (AvgIpc) is 3.43. The number of imidazole rings is 2. The van der Waals surface area contributed by atoms with E-state index >= 15 is 0 Å². The largest absolute Gasteiger partial charge is 0.459 e. The third-order valence-electron chi connectivity index (χ3n) is 5.78. The Hall–Kier alpha value is -2.81. The van der Waals surface area contributed by atoms with Gasteiger partial charge in [0, 0.05) is 13.8 Å². The first-order chi connectivity index (χ1) is 14.9. The molecule has 1 aliphatic carbocycles. The summed E-state index contributed by atoms with van der Waals surface area (Å²) in [5.41, 5.74) is 1.39. The van der Waals surface area contributed by atoms with Crippen LogP contribution in [0.15, 0.2) is 12.4 Å². The molecule has 0 radical (unpaired) electrons. The zero-order chi connectivity index (χ0) is 22.4. The van der Waals surface area contributed by atoms with Crippen LogP contribution < -0.4 is 0 Å². The van der Waals surface area contributed by atoms with Crippen LogP contribution in [0.3, 0.4) is 0 Å². The van der Waals surface area contributed by atoms with Crippen molar-refractivity contribution in [3.8, 4) is 0 Å². The van der Waals surface area contributed by atoms with Gasteiger partial charge < -0.3 is 19.4 Å². The fourth-order valence-corrected chi connectivity index (χ4v) is 4.00. The Bertz CT molecular complexity index is 911. The molecule has 1 fully saturated rings. The summed E-state index contributed by atoms with van der Waals surface area (Å²) in [5.74, 6) is 0.416. The predicted molar refractivity (Wildman–Crippen MR) is 111 cm³/mol. The van der Waals surface area contributed by atoms with Crippen LogP contribution in [0.2, 0.25) is 0 Å². The highest BCUT2D eigenvalue weighted by molar-refractivity contribution is 5.90. The van der Waals surface area contributed by atoms with Crippen molar-refractivity contribution >= 4 is 17.5 Å². The van der Waals surface area contributed by atoms with Crippen LogP contribution >= 0.6 is 0 Å². The molecule has 1 atom stereocenters. The van der Waals surface area contributed by atoms with Crippen LogP contribution in [0.4, 0.5) is 0 Å². The fourth-order valence-electron chi connectivity index (χ4n) is 4.00. The van der Waals surface area contributed by atoms with Gasteiger partial charge in [-0.1, -0.05) is 6.92 Å². The average molecular weight is 431 g/mol. The van der Waals surface area contributed by atoms with Gasteiger partial charge in [0.25, 0.3) is 0 Å². The smallest absolute Gasteiger partial charge is 0.309 e. The fraction of sp³-hybridized carbons (Fsp3) is 0.591. The highest BCUT2D eigenvalue weighted by atomic mass is 16.5. The second kappa shape index (κ2) is 10.5. The van der Waals surface area contributed by atoms with Crippen LogP contribution in [0.5, 0.6) is 0 Å². The van der Waals surface area contributed by atoms with Gasteiger partial charge in [0.15, 0.2) is 23.2 Å². The third-order valence-corrected chi connectivity index (χ3v) is 5.78. The molecule has 2 aromatic heterocycles. The lowest BCUT2D eigenvalue weighted by Crippen LogP contribution is -2.30. The number of nitrogens with zero attached hydrogens (tertiary/aromatic N) is 2. The summed E-state index contributed by atoms with van der Waals surface area (Å²) in [7, 11) is 0. The molecule has 0 bridgehead atoms. The van der Waals surface area contributed by atoms with Gasteiger partial charge in [-0.3, -0.25) is 14.4 Å². The minimum Gasteiger partial charge on any atom is -0.459 e. The summed E-state index contributed by atoms with van der Waals surface area (Å²) in [6, 6.07) is 0. The molecule has 0 amide bonds. The second-order valence-electron chi connectivity index (χ2n) is 8.10. The number of hydrogen-bond donors (Lipinski definition) is 2. The summed E-state index contributed by atoms with van der Waals surface area (Å²) in [4.78, 5) is 48.9. The minimum atomic E-state index is -0.208. The zero-order valence-electron chi connectivity index (χ0n) is 18.3. The maximum atomic E-state index is 12.4. The molecule has 1 aliphatic rings. The molecule has 2 heterocycles. The van der Waals surface area contributed by atoms with Crippen LogP contribution in [0.1, 0.15) is 85.5 Å². The maximum Gasteiger partial charge on any atom is 0.309 e. The standard InChI is InChI=1S/C22H30N4O5/c1-4-19(30-11-17-9-23-20(25-17)13(2)27)15-5-7-16(8-6-15)22(29)31-12-18-10-24-21(26-18)14(3)28/h9-10,15-16,19H,4-8,11-12H2,1-3H3,(H,23,25)(H,24,26). The van der Waals surface area contributed by atoms with Crippen molar-refractivity contribution in [2.24, 2.45) is 11.8 Å². The van der Waals surface area contributed by atoms with E-state index in [2.05, 4.69) is 26.9 Å². The number of carbonyl (C=O) groups is 3. The van der Waals surface area contributed by atoms with E-state index in [0.29, 0.717) is 24.0 Å². The highest BCUT2D eigenvalue weighted by Gasteiger charge is 2.31. The van der Waals surface area contributed by atoms with Crippen molar-refractivity contribution < 1.29 is 23.9 Å². The van der Waals surface area contributed by atoms with E-state index < -0.39 is 0 Å². The van der Waals surface area contributed by atoms with Crippen molar-refractivity contribution in [3.63, 3.8) is 0 Å². The first-order valence-corrected chi connectivity index (χ1v) is 10.7. The number of esters is 1. The van der Waals surface area contributed by atoms with Gasteiger partial charge in [0.1, 0.15) is 6.61 Å². The van der Waals surface area contributed by atoms with Gasteiger partial charge in [-0.15, -0.1) is 0 Å². The molecular weight excluding hydrogens is 400 g/mol. The van der Waals surface area contributed by atoms with Gasteiger partial charge in [-0.25, -0.2) is 9.97 Å². The lowest BCUT2D eigenvalue weighted by atomic mass is 9.79. The number of rotatable bonds is 10. The Kier molecular flexibility index (Phi) is 7.73. The first kappa shape index (κ1) is 22.9. The van der Waals surface area contributed by atoms with E-state index in [-0.39, 0.29) is 42.0 Å². The predicted octanol–water partition coefficient (Wildman–Crippen LogP) is 3.38. The van der Waals surface area contributed by atoms with Crippen LogP contribution in [-0.4, -0.2) is 43.6 Å². The number of carbonyl (C=O) groups excluding carboxylic acids is 3. The lowest BCUT2D eigenvalue weighted by Gasteiger charge is -2.32. The number of H-pyrrole nitrogens is 2. The molecule has 31 heavy (non-hydrogen) atoms. The molecule has 0 aliphatic heterocycles. The molecule has 9 heteroatoms. The summed E-state index contributed by atoms with van der Waals surface area (Å²) in [5, 5.41) is 0. The highest BCUT2D eigenvalue weighted by Crippen LogP contribution is 2.34. The number of Topliss-reactive ketones (excluding diaryl/α,β-unsaturated/α-hetero) is 2. The molecule has 0 aromatic carbocycles. The topological polar surface area (TPSA) is 127 Å². The molecule has 9 nitrogen and oxygen atoms in total. The Balaban J connectivity index is 1.42. The maximum absolute atomic E-state index is 12.4. The van der Waals surface area contributed by atoms with Gasteiger partial charge in [-0.2, -0.15) is 0 Å². The molecule has 1 unspecified atom stereocenters. The van der Waals surface area contributed by atoms with Gasteiger partial charge in [-0.05, 0) is 38.0 Å². The van der Waals surface area contributed by atoms with Crippen LogP contribution in [0, 0.1) is 11.8 Å². The number of hydrogen-bond acceptors (Lipinski definition) is 7. The lowest BCUT2D eigenvalue weighted by molar-refractivity contribution is -0.152. The number of ether oxygens (including phenoxy) is 2. The summed E-state index contributed by atoms with van der Waals surface area (Å²) >= 11 is 0.